The lowest BCUT2D eigenvalue weighted by atomic mass is 9.98. The van der Waals surface area contributed by atoms with Crippen molar-refractivity contribution < 1.29 is 31.1 Å². The molecule has 0 unspecified atom stereocenters. The van der Waals surface area contributed by atoms with Gasteiger partial charge in [-0.2, -0.15) is 17.5 Å². The van der Waals surface area contributed by atoms with E-state index in [1.165, 1.54) is 7.11 Å². The van der Waals surface area contributed by atoms with Crippen molar-refractivity contribution in [3.63, 3.8) is 0 Å². The summed E-state index contributed by atoms with van der Waals surface area (Å²) in [4.78, 5) is 17.3. The summed E-state index contributed by atoms with van der Waals surface area (Å²) in [6.07, 6.45) is 1.82. The standard InChI is InChI=1S/C16H28F3N5O4S/c1-20-14(22-13-5-7-23(8-6-13)15(25)28-2)21-11-12-3-9-24(10-4-12)29(26,27)16(17,18)19/h12-13H,3-11H2,1-2H3,(H2,20,21,22). The minimum atomic E-state index is -5.26. The Labute approximate surface area is 168 Å². The number of nitrogens with one attached hydrogen (secondary N) is 2. The van der Waals surface area contributed by atoms with E-state index in [9.17, 15) is 26.4 Å². The average Bonchev–Trinajstić information content (AvgIpc) is 2.70. The average molecular weight is 443 g/mol. The van der Waals surface area contributed by atoms with E-state index in [1.807, 2.05) is 0 Å². The number of alkyl halides is 3. The highest BCUT2D eigenvalue weighted by Gasteiger charge is 2.50. The van der Waals surface area contributed by atoms with Gasteiger partial charge in [0.2, 0.25) is 0 Å². The van der Waals surface area contributed by atoms with Crippen molar-refractivity contribution in [3.8, 4) is 0 Å². The third-order valence-electron chi connectivity index (χ3n) is 5.26. The second kappa shape index (κ2) is 9.83. The first kappa shape index (κ1) is 23.5. The van der Waals surface area contributed by atoms with E-state index in [4.69, 9.17) is 4.74 Å². The fourth-order valence-electron chi connectivity index (χ4n) is 3.46. The molecule has 2 fully saturated rings. The van der Waals surface area contributed by atoms with Gasteiger partial charge in [0.15, 0.2) is 5.96 Å². The fraction of sp³-hybridized carbons (Fsp3) is 0.875. The van der Waals surface area contributed by atoms with Gasteiger partial charge in [-0.3, -0.25) is 4.99 Å². The van der Waals surface area contributed by atoms with Crippen LogP contribution in [-0.4, -0.2) is 88.1 Å². The summed E-state index contributed by atoms with van der Waals surface area (Å²) in [5.74, 6) is 0.626. The number of hydrogen-bond donors (Lipinski definition) is 2. The van der Waals surface area contributed by atoms with Crippen LogP contribution in [0.4, 0.5) is 18.0 Å². The van der Waals surface area contributed by atoms with Crippen LogP contribution in [0, 0.1) is 5.92 Å². The lowest BCUT2D eigenvalue weighted by Crippen LogP contribution is -2.51. The Hall–Kier alpha value is -1.76. The van der Waals surface area contributed by atoms with Gasteiger partial charge in [-0.1, -0.05) is 0 Å². The van der Waals surface area contributed by atoms with Crippen molar-refractivity contribution in [2.24, 2.45) is 10.9 Å². The molecule has 2 rings (SSSR count). The molecule has 0 bridgehead atoms. The van der Waals surface area contributed by atoms with Gasteiger partial charge in [-0.15, -0.1) is 0 Å². The molecule has 29 heavy (non-hydrogen) atoms. The van der Waals surface area contributed by atoms with E-state index in [-0.39, 0.29) is 31.1 Å². The van der Waals surface area contributed by atoms with Gasteiger partial charge in [0.1, 0.15) is 0 Å². The maximum absolute atomic E-state index is 12.6. The monoisotopic (exact) mass is 443 g/mol. The molecule has 0 aromatic rings. The van der Waals surface area contributed by atoms with E-state index >= 15 is 0 Å². The Balaban J connectivity index is 1.74. The molecule has 1 amide bonds. The molecule has 0 aromatic heterocycles. The molecule has 0 radical (unpaired) electrons. The number of guanidine groups is 1. The molecule has 0 aromatic carbocycles. The largest absolute Gasteiger partial charge is 0.511 e. The van der Waals surface area contributed by atoms with E-state index in [2.05, 4.69) is 15.6 Å². The number of rotatable bonds is 4. The molecule has 2 saturated heterocycles. The zero-order valence-electron chi connectivity index (χ0n) is 16.5. The van der Waals surface area contributed by atoms with E-state index in [1.54, 1.807) is 11.9 Å². The molecular weight excluding hydrogens is 415 g/mol. The molecule has 168 valence electrons. The Morgan fingerprint density at radius 2 is 1.72 bits per heavy atom. The molecule has 2 aliphatic heterocycles. The van der Waals surface area contributed by atoms with Crippen molar-refractivity contribution in [2.45, 2.75) is 37.2 Å². The highest BCUT2D eigenvalue weighted by molar-refractivity contribution is 7.90. The van der Waals surface area contributed by atoms with Crippen LogP contribution in [0.15, 0.2) is 4.99 Å². The third-order valence-corrected chi connectivity index (χ3v) is 6.89. The van der Waals surface area contributed by atoms with Gasteiger partial charge in [-0.25, -0.2) is 13.2 Å². The molecule has 0 atom stereocenters. The number of piperidine rings is 2. The van der Waals surface area contributed by atoms with Crippen LogP contribution < -0.4 is 10.6 Å². The van der Waals surface area contributed by atoms with Gasteiger partial charge in [-0.05, 0) is 31.6 Å². The molecule has 2 aliphatic rings. The molecule has 9 nitrogen and oxygen atoms in total. The summed E-state index contributed by atoms with van der Waals surface area (Å²) in [6.45, 7) is 1.35. The number of methoxy groups -OCH3 is 1. The van der Waals surface area contributed by atoms with Crippen LogP contribution in [-0.2, 0) is 14.8 Å². The zero-order valence-corrected chi connectivity index (χ0v) is 17.4. The second-order valence-electron chi connectivity index (χ2n) is 7.12. The highest BCUT2D eigenvalue weighted by Crippen LogP contribution is 2.30. The second-order valence-corrected chi connectivity index (χ2v) is 9.05. The number of sulfonamides is 1. The molecule has 2 heterocycles. The molecule has 0 saturated carbocycles. The van der Waals surface area contributed by atoms with Gasteiger partial charge in [0, 0.05) is 45.8 Å². The summed E-state index contributed by atoms with van der Waals surface area (Å²) in [5, 5.41) is 6.44. The van der Waals surface area contributed by atoms with Crippen LogP contribution in [0.5, 0.6) is 0 Å². The summed E-state index contributed by atoms with van der Waals surface area (Å²) in [7, 11) is -2.28. The zero-order chi connectivity index (χ0) is 21.7. The van der Waals surface area contributed by atoms with Crippen LogP contribution in [0.1, 0.15) is 25.7 Å². The quantitative estimate of drug-likeness (QED) is 0.495. The molecule has 13 heteroatoms. The Morgan fingerprint density at radius 3 is 2.21 bits per heavy atom. The van der Waals surface area contributed by atoms with Crippen LogP contribution >= 0.6 is 0 Å². The number of nitrogens with zero attached hydrogens (tertiary/aromatic N) is 3. The van der Waals surface area contributed by atoms with E-state index in [0.29, 0.717) is 42.7 Å². The first-order valence-electron chi connectivity index (χ1n) is 9.45. The van der Waals surface area contributed by atoms with Crippen LogP contribution in [0.3, 0.4) is 0 Å². The van der Waals surface area contributed by atoms with E-state index < -0.39 is 15.5 Å². The minimum Gasteiger partial charge on any atom is -0.453 e. The molecule has 0 spiro atoms. The minimum absolute atomic E-state index is 0.0504. The Bertz CT molecular complexity index is 685. The number of likely N-dealkylation sites (tertiary alicyclic amines) is 1. The predicted octanol–water partition coefficient (Wildman–Crippen LogP) is 0.944. The lowest BCUT2D eigenvalue weighted by molar-refractivity contribution is -0.0496. The number of carbonyl (C=O) groups excluding carboxylic acids is 1. The van der Waals surface area contributed by atoms with Crippen molar-refractivity contribution in [2.75, 3.05) is 46.9 Å². The number of carbonyl (C=O) groups is 1. The van der Waals surface area contributed by atoms with Gasteiger partial charge < -0.3 is 20.3 Å². The maximum Gasteiger partial charge on any atom is 0.511 e. The smallest absolute Gasteiger partial charge is 0.453 e. The number of ether oxygens (including phenoxy) is 1. The maximum atomic E-state index is 12.6. The summed E-state index contributed by atoms with van der Waals surface area (Å²) in [6, 6.07) is 0.140. The molecule has 2 N–H and O–H groups in total. The summed E-state index contributed by atoms with van der Waals surface area (Å²) >= 11 is 0. The van der Waals surface area contributed by atoms with Crippen LogP contribution in [0.2, 0.25) is 0 Å². The fourth-order valence-corrected chi connectivity index (χ4v) is 4.45. The first-order valence-corrected chi connectivity index (χ1v) is 10.9. The lowest BCUT2D eigenvalue weighted by Gasteiger charge is -2.33. The highest BCUT2D eigenvalue weighted by atomic mass is 32.2. The SMILES string of the molecule is CN=C(NCC1CCN(S(=O)(=O)C(F)(F)F)CC1)NC1CCN(C(=O)OC)CC1. The summed E-state index contributed by atoms with van der Waals surface area (Å²) in [5.41, 5.74) is -5.26. The Morgan fingerprint density at radius 1 is 1.14 bits per heavy atom. The third kappa shape index (κ3) is 6.11. The van der Waals surface area contributed by atoms with Crippen molar-refractivity contribution >= 4 is 22.1 Å². The van der Waals surface area contributed by atoms with Gasteiger partial charge in [0.25, 0.3) is 0 Å². The van der Waals surface area contributed by atoms with Crippen molar-refractivity contribution in [1.29, 1.82) is 0 Å². The first-order chi connectivity index (χ1) is 13.6. The van der Waals surface area contributed by atoms with Crippen molar-refractivity contribution in [1.82, 2.24) is 19.8 Å². The van der Waals surface area contributed by atoms with Gasteiger partial charge in [0.05, 0.1) is 7.11 Å². The van der Waals surface area contributed by atoms with Crippen molar-refractivity contribution in [3.05, 3.63) is 0 Å². The van der Waals surface area contributed by atoms with E-state index in [0.717, 1.165) is 12.8 Å². The van der Waals surface area contributed by atoms with Gasteiger partial charge >= 0.3 is 21.6 Å². The number of aliphatic imine (C=N–C) groups is 1. The molecule has 0 aliphatic carbocycles. The summed E-state index contributed by atoms with van der Waals surface area (Å²) < 4.78 is 66.0. The number of hydrogen-bond acceptors (Lipinski definition) is 5. The van der Waals surface area contributed by atoms with Crippen LogP contribution in [0.25, 0.3) is 0 Å². The normalized spacial score (nSPS) is 21.1. The Kier molecular flexibility index (Phi) is 7.97. The number of halogens is 3. The molecular formula is C16H28F3N5O4S. The topological polar surface area (TPSA) is 103 Å². The predicted molar refractivity (Wildman–Crippen MR) is 101 cm³/mol. The number of amides is 1.